The van der Waals surface area contributed by atoms with E-state index < -0.39 is 0 Å². The summed E-state index contributed by atoms with van der Waals surface area (Å²) >= 11 is 2.92. The van der Waals surface area contributed by atoms with Crippen molar-refractivity contribution in [1.29, 1.82) is 0 Å². The Hall–Kier alpha value is 0.150. The molecule has 0 unspecified atom stereocenters. The molecule has 0 aromatic carbocycles. The van der Waals surface area contributed by atoms with E-state index in [1.54, 1.807) is 6.08 Å². The van der Waals surface area contributed by atoms with E-state index in [2.05, 4.69) is 22.9 Å². The van der Waals surface area contributed by atoms with Crippen LogP contribution in [0, 0.1) is 23.7 Å². The number of halogens is 2. The summed E-state index contributed by atoms with van der Waals surface area (Å²) in [6, 6.07) is 0. The molecule has 2 heteroatoms. The first-order chi connectivity index (χ1) is 9.19. The molecule has 0 heterocycles. The first-order valence-electron chi connectivity index (χ1n) is 8.21. The molecule has 0 aliphatic heterocycles. The lowest BCUT2D eigenvalue weighted by atomic mass is 9.69. The molecule has 2 rings (SSSR count). The van der Waals surface area contributed by atoms with Crippen LogP contribution in [0.1, 0.15) is 71.1 Å². The van der Waals surface area contributed by atoms with Crippen LogP contribution in [0.5, 0.6) is 0 Å². The van der Waals surface area contributed by atoms with Crippen LogP contribution in [0.3, 0.4) is 0 Å². The maximum atomic E-state index is 12.8. The number of hydrogen-bond acceptors (Lipinski definition) is 0. The third kappa shape index (κ3) is 4.88. The average molecular weight is 331 g/mol. The van der Waals surface area contributed by atoms with Crippen LogP contribution in [-0.2, 0) is 0 Å². The minimum atomic E-state index is -0.170. The van der Waals surface area contributed by atoms with Crippen molar-refractivity contribution in [2.45, 2.75) is 71.1 Å². The van der Waals surface area contributed by atoms with Gasteiger partial charge in [0, 0.05) is 0 Å². The predicted octanol–water partition coefficient (Wildman–Crippen LogP) is 6.61. The number of rotatable bonds is 4. The zero-order chi connectivity index (χ0) is 13.7. The van der Waals surface area contributed by atoms with Crippen LogP contribution < -0.4 is 0 Å². The van der Waals surface area contributed by atoms with E-state index >= 15 is 0 Å². The summed E-state index contributed by atoms with van der Waals surface area (Å²) in [4.78, 5) is 0. The van der Waals surface area contributed by atoms with Gasteiger partial charge in [0.2, 0.25) is 0 Å². The summed E-state index contributed by atoms with van der Waals surface area (Å²) in [5.74, 6) is 3.41. The van der Waals surface area contributed by atoms with Gasteiger partial charge in [0.1, 0.15) is 0 Å². The third-order valence-electron chi connectivity index (χ3n) is 5.43. The summed E-state index contributed by atoms with van der Waals surface area (Å²) in [7, 11) is 0. The van der Waals surface area contributed by atoms with Crippen LogP contribution in [-0.4, -0.2) is 0 Å². The molecule has 0 N–H and O–H groups in total. The number of allylic oxidation sites excluding steroid dienone is 1. The maximum absolute atomic E-state index is 12.8. The molecular weight excluding hydrogens is 303 g/mol. The Balaban J connectivity index is 1.72. The van der Waals surface area contributed by atoms with Crippen molar-refractivity contribution >= 4 is 15.9 Å². The third-order valence-corrected chi connectivity index (χ3v) is 5.70. The van der Waals surface area contributed by atoms with E-state index in [1.807, 2.05) is 0 Å². The molecular formula is C17H28BrF. The van der Waals surface area contributed by atoms with Crippen molar-refractivity contribution in [3.63, 3.8) is 0 Å². The smallest absolute Gasteiger partial charge is 0.162 e. The van der Waals surface area contributed by atoms with Gasteiger partial charge in [0.05, 0.1) is 0 Å². The highest BCUT2D eigenvalue weighted by molar-refractivity contribution is 9.11. The van der Waals surface area contributed by atoms with Gasteiger partial charge in [-0.15, -0.1) is 0 Å². The Morgan fingerprint density at radius 3 is 2.00 bits per heavy atom. The summed E-state index contributed by atoms with van der Waals surface area (Å²) in [6.07, 6.45) is 15.5. The molecule has 0 spiro atoms. The van der Waals surface area contributed by atoms with Gasteiger partial charge < -0.3 is 0 Å². The van der Waals surface area contributed by atoms with Crippen molar-refractivity contribution in [3.05, 3.63) is 10.8 Å². The standard InChI is InChI=1S/C17H28BrF/c1-2-3-13-4-8-15(9-5-13)16-10-6-14(7-11-16)12-17(18)19/h12-16H,2-11H2,1H3. The molecule has 0 saturated heterocycles. The summed E-state index contributed by atoms with van der Waals surface area (Å²) in [6.45, 7) is 2.31. The lowest BCUT2D eigenvalue weighted by Crippen LogP contribution is -2.25. The Morgan fingerprint density at radius 2 is 1.53 bits per heavy atom. The van der Waals surface area contributed by atoms with Crippen molar-refractivity contribution in [1.82, 2.24) is 0 Å². The Kier molecular flexibility index (Phi) is 6.38. The van der Waals surface area contributed by atoms with E-state index in [0.717, 1.165) is 17.8 Å². The molecule has 19 heavy (non-hydrogen) atoms. The van der Waals surface area contributed by atoms with E-state index in [4.69, 9.17) is 0 Å². The first kappa shape index (κ1) is 15.5. The van der Waals surface area contributed by atoms with Gasteiger partial charge >= 0.3 is 0 Å². The normalized spacial score (nSPS) is 37.3. The highest BCUT2D eigenvalue weighted by Crippen LogP contribution is 2.42. The molecule has 0 bridgehead atoms. The molecule has 2 saturated carbocycles. The molecule has 2 fully saturated rings. The van der Waals surface area contributed by atoms with Crippen molar-refractivity contribution in [3.8, 4) is 0 Å². The second-order valence-corrected chi connectivity index (χ2v) is 7.46. The first-order valence-corrected chi connectivity index (χ1v) is 9.01. The van der Waals surface area contributed by atoms with Gasteiger partial charge in [-0.3, -0.25) is 0 Å². The van der Waals surface area contributed by atoms with Crippen LogP contribution in [0.4, 0.5) is 4.39 Å². The minimum Gasteiger partial charge on any atom is -0.199 e. The molecule has 0 aromatic heterocycles. The Morgan fingerprint density at radius 1 is 1.00 bits per heavy atom. The molecule has 0 aromatic rings. The van der Waals surface area contributed by atoms with E-state index in [9.17, 15) is 4.39 Å². The highest BCUT2D eigenvalue weighted by atomic mass is 79.9. The fourth-order valence-electron chi connectivity index (χ4n) is 4.32. The monoisotopic (exact) mass is 330 g/mol. The fraction of sp³-hybridized carbons (Fsp3) is 0.882. The number of hydrogen-bond donors (Lipinski definition) is 0. The van der Waals surface area contributed by atoms with Crippen molar-refractivity contribution in [2.75, 3.05) is 0 Å². The second-order valence-electron chi connectivity index (χ2n) is 6.70. The van der Waals surface area contributed by atoms with E-state index in [0.29, 0.717) is 5.92 Å². The van der Waals surface area contributed by atoms with E-state index in [1.165, 1.54) is 64.2 Å². The van der Waals surface area contributed by atoms with Gasteiger partial charge in [-0.25, -0.2) is 0 Å². The Bertz CT molecular complexity index is 280. The Labute approximate surface area is 126 Å². The molecule has 2 aliphatic carbocycles. The minimum absolute atomic E-state index is 0.170. The van der Waals surface area contributed by atoms with Gasteiger partial charge in [0.15, 0.2) is 4.74 Å². The zero-order valence-corrected chi connectivity index (χ0v) is 13.8. The maximum Gasteiger partial charge on any atom is 0.162 e. The van der Waals surface area contributed by atoms with Gasteiger partial charge in [-0.05, 0) is 84.2 Å². The molecule has 0 nitrogen and oxygen atoms in total. The predicted molar refractivity (Wildman–Crippen MR) is 83.9 cm³/mol. The largest absolute Gasteiger partial charge is 0.199 e. The van der Waals surface area contributed by atoms with Crippen LogP contribution in [0.15, 0.2) is 10.8 Å². The molecule has 0 amide bonds. The van der Waals surface area contributed by atoms with Crippen molar-refractivity contribution < 1.29 is 4.39 Å². The summed E-state index contributed by atoms with van der Waals surface area (Å²) in [5.41, 5.74) is 0. The van der Waals surface area contributed by atoms with Gasteiger partial charge in [-0.1, -0.05) is 32.6 Å². The molecule has 0 radical (unpaired) electrons. The highest BCUT2D eigenvalue weighted by Gasteiger charge is 2.30. The van der Waals surface area contributed by atoms with Crippen molar-refractivity contribution in [2.24, 2.45) is 23.7 Å². The van der Waals surface area contributed by atoms with Crippen LogP contribution in [0.2, 0.25) is 0 Å². The average Bonchev–Trinajstić information content (AvgIpc) is 2.40. The molecule has 0 atom stereocenters. The second kappa shape index (κ2) is 7.81. The lowest BCUT2D eigenvalue weighted by Gasteiger charge is -2.37. The summed E-state index contributed by atoms with van der Waals surface area (Å²) in [5, 5.41) is 0. The quantitative estimate of drug-likeness (QED) is 0.544. The lowest BCUT2D eigenvalue weighted by molar-refractivity contribution is 0.152. The van der Waals surface area contributed by atoms with E-state index in [-0.39, 0.29) is 4.74 Å². The van der Waals surface area contributed by atoms with Gasteiger partial charge in [-0.2, -0.15) is 4.39 Å². The molecule has 110 valence electrons. The van der Waals surface area contributed by atoms with Crippen LogP contribution >= 0.6 is 15.9 Å². The van der Waals surface area contributed by atoms with Gasteiger partial charge in [0.25, 0.3) is 0 Å². The topological polar surface area (TPSA) is 0 Å². The summed E-state index contributed by atoms with van der Waals surface area (Å²) < 4.78 is 12.7. The zero-order valence-electron chi connectivity index (χ0n) is 12.2. The van der Waals surface area contributed by atoms with Crippen LogP contribution in [0.25, 0.3) is 0 Å². The fourth-order valence-corrected chi connectivity index (χ4v) is 4.69. The molecule has 2 aliphatic rings. The SMILES string of the molecule is CCCC1CCC(C2CCC(C=C(F)Br)CC2)CC1.